The molecule has 0 aromatic carbocycles. The summed E-state index contributed by atoms with van der Waals surface area (Å²) in [6.45, 7) is 2.25. The van der Waals surface area contributed by atoms with Crippen molar-refractivity contribution >= 4 is 24.8 Å². The maximum absolute atomic E-state index is 5.45. The van der Waals surface area contributed by atoms with E-state index in [-0.39, 0.29) is 31.0 Å². The lowest BCUT2D eigenvalue weighted by Gasteiger charge is -2.04. The van der Waals surface area contributed by atoms with E-state index in [9.17, 15) is 0 Å². The van der Waals surface area contributed by atoms with Crippen LogP contribution in [0.3, 0.4) is 0 Å². The Bertz CT molecular complexity index is 101. The minimum atomic E-state index is -0.0971. The van der Waals surface area contributed by atoms with E-state index in [2.05, 4.69) is 6.92 Å². The molecule has 0 aliphatic rings. The molecule has 0 fully saturated rings. The van der Waals surface area contributed by atoms with Crippen molar-refractivity contribution in [3.05, 3.63) is 0 Å². The summed E-state index contributed by atoms with van der Waals surface area (Å²) in [5, 5.41) is 0. The van der Waals surface area contributed by atoms with Gasteiger partial charge in [-0.05, 0) is 6.42 Å². The fraction of sp³-hybridized carbons (Fsp3) is 1.00. The van der Waals surface area contributed by atoms with Crippen LogP contribution in [-0.4, -0.2) is 6.17 Å². The minimum Gasteiger partial charge on any atom is -0.316 e. The third-order valence-electron chi connectivity index (χ3n) is 2.39. The van der Waals surface area contributed by atoms with Crippen molar-refractivity contribution in [1.82, 2.24) is 0 Å². The lowest BCUT2D eigenvalue weighted by atomic mass is 10.1. The maximum Gasteiger partial charge on any atom is 0.0520 e. The summed E-state index contributed by atoms with van der Waals surface area (Å²) in [5.41, 5.74) is 10.9. The molecule has 96 valence electrons. The van der Waals surface area contributed by atoms with E-state index in [4.69, 9.17) is 11.5 Å². The molecule has 0 heterocycles. The Morgan fingerprint density at radius 1 is 0.733 bits per heavy atom. The van der Waals surface area contributed by atoms with Crippen LogP contribution < -0.4 is 11.5 Å². The van der Waals surface area contributed by atoms with E-state index < -0.39 is 0 Å². The summed E-state index contributed by atoms with van der Waals surface area (Å²) in [5.74, 6) is 0. The van der Waals surface area contributed by atoms with Gasteiger partial charge in [0.25, 0.3) is 0 Å². The van der Waals surface area contributed by atoms with Gasteiger partial charge in [0.05, 0.1) is 6.17 Å². The highest BCUT2D eigenvalue weighted by Crippen LogP contribution is 2.09. The lowest BCUT2D eigenvalue weighted by Crippen LogP contribution is -2.29. The maximum atomic E-state index is 5.45. The van der Waals surface area contributed by atoms with Crippen LogP contribution in [0, 0.1) is 0 Å². The molecule has 0 rings (SSSR count). The van der Waals surface area contributed by atoms with Crippen molar-refractivity contribution in [3.63, 3.8) is 0 Å². The second kappa shape index (κ2) is 16.9. The summed E-state index contributed by atoms with van der Waals surface area (Å²) >= 11 is 0. The number of halogens is 2. The van der Waals surface area contributed by atoms with Gasteiger partial charge in [0.15, 0.2) is 0 Å². The molecule has 0 aromatic heterocycles. The molecule has 0 spiro atoms. The molecule has 0 aliphatic carbocycles. The first kappa shape index (κ1) is 20.9. The third kappa shape index (κ3) is 20.5. The zero-order valence-electron chi connectivity index (χ0n) is 9.91. The SMILES string of the molecule is CCCCCCCCCCC(N)N.Cl.Cl. The molecule has 4 heteroatoms. The van der Waals surface area contributed by atoms with Crippen LogP contribution in [0.25, 0.3) is 0 Å². The monoisotopic (exact) mass is 258 g/mol. The molecule has 0 aromatic rings. The van der Waals surface area contributed by atoms with Crippen LogP contribution in [-0.2, 0) is 0 Å². The largest absolute Gasteiger partial charge is 0.316 e. The summed E-state index contributed by atoms with van der Waals surface area (Å²) < 4.78 is 0. The van der Waals surface area contributed by atoms with Crippen LogP contribution in [0.1, 0.15) is 64.7 Å². The van der Waals surface area contributed by atoms with Crippen molar-refractivity contribution < 1.29 is 0 Å². The van der Waals surface area contributed by atoms with E-state index in [0.717, 1.165) is 6.42 Å². The van der Waals surface area contributed by atoms with Gasteiger partial charge in [-0.3, -0.25) is 0 Å². The van der Waals surface area contributed by atoms with E-state index in [0.29, 0.717) is 0 Å². The Hall–Kier alpha value is 0.500. The Labute approximate surface area is 107 Å². The summed E-state index contributed by atoms with van der Waals surface area (Å²) in [7, 11) is 0. The third-order valence-corrected chi connectivity index (χ3v) is 2.39. The molecule has 0 amide bonds. The summed E-state index contributed by atoms with van der Waals surface area (Å²) in [6, 6.07) is 0. The van der Waals surface area contributed by atoms with Crippen molar-refractivity contribution in [2.45, 2.75) is 70.9 Å². The fourth-order valence-electron chi connectivity index (χ4n) is 1.51. The quantitative estimate of drug-likeness (QED) is 0.491. The van der Waals surface area contributed by atoms with Gasteiger partial charge in [-0.1, -0.05) is 58.3 Å². The zero-order chi connectivity index (χ0) is 9.94. The van der Waals surface area contributed by atoms with Crippen molar-refractivity contribution in [3.8, 4) is 0 Å². The molecular weight excluding hydrogens is 231 g/mol. The van der Waals surface area contributed by atoms with E-state index in [1.54, 1.807) is 0 Å². The van der Waals surface area contributed by atoms with E-state index in [1.165, 1.54) is 51.4 Å². The second-order valence-electron chi connectivity index (χ2n) is 3.93. The van der Waals surface area contributed by atoms with Gasteiger partial charge in [0, 0.05) is 0 Å². The number of hydrogen-bond acceptors (Lipinski definition) is 2. The van der Waals surface area contributed by atoms with Crippen molar-refractivity contribution in [2.24, 2.45) is 11.5 Å². The molecule has 0 atom stereocenters. The van der Waals surface area contributed by atoms with Crippen LogP contribution in [0.4, 0.5) is 0 Å². The first-order valence-electron chi connectivity index (χ1n) is 5.78. The summed E-state index contributed by atoms with van der Waals surface area (Å²) in [6.07, 6.45) is 11.7. The van der Waals surface area contributed by atoms with Crippen LogP contribution >= 0.6 is 24.8 Å². The molecule has 0 unspecified atom stereocenters. The van der Waals surface area contributed by atoms with E-state index in [1.807, 2.05) is 0 Å². The highest BCUT2D eigenvalue weighted by Gasteiger charge is 1.94. The molecule has 2 nitrogen and oxygen atoms in total. The van der Waals surface area contributed by atoms with Gasteiger partial charge < -0.3 is 11.5 Å². The average molecular weight is 259 g/mol. The number of hydrogen-bond donors (Lipinski definition) is 2. The zero-order valence-corrected chi connectivity index (χ0v) is 11.5. The predicted octanol–water partition coefficient (Wildman–Crippen LogP) is 3.60. The second-order valence-corrected chi connectivity index (χ2v) is 3.93. The Balaban J connectivity index is -0.000000720. The topological polar surface area (TPSA) is 52.0 Å². The smallest absolute Gasteiger partial charge is 0.0520 e. The number of rotatable bonds is 9. The highest BCUT2D eigenvalue weighted by atomic mass is 35.5. The van der Waals surface area contributed by atoms with Gasteiger partial charge in [-0.2, -0.15) is 0 Å². The number of nitrogens with two attached hydrogens (primary N) is 2. The molecule has 0 bridgehead atoms. The van der Waals surface area contributed by atoms with Crippen LogP contribution in [0.2, 0.25) is 0 Å². The van der Waals surface area contributed by atoms with Gasteiger partial charge >= 0.3 is 0 Å². The molecule has 0 saturated heterocycles. The fourth-order valence-corrected chi connectivity index (χ4v) is 1.51. The Morgan fingerprint density at radius 3 is 1.53 bits per heavy atom. The standard InChI is InChI=1S/C11H26N2.2ClH/c1-2-3-4-5-6-7-8-9-10-11(12)13;;/h11H,2-10,12-13H2,1H3;2*1H. The molecular formula is C11H28Cl2N2. The normalized spacial score (nSPS) is 9.60. The summed E-state index contributed by atoms with van der Waals surface area (Å²) in [4.78, 5) is 0. The van der Waals surface area contributed by atoms with E-state index >= 15 is 0 Å². The van der Waals surface area contributed by atoms with Gasteiger partial charge in [0.2, 0.25) is 0 Å². The molecule has 15 heavy (non-hydrogen) atoms. The van der Waals surface area contributed by atoms with Crippen LogP contribution in [0.15, 0.2) is 0 Å². The highest BCUT2D eigenvalue weighted by molar-refractivity contribution is 5.85. The van der Waals surface area contributed by atoms with Crippen molar-refractivity contribution in [1.29, 1.82) is 0 Å². The minimum absolute atomic E-state index is 0. The van der Waals surface area contributed by atoms with Gasteiger partial charge in [-0.25, -0.2) is 0 Å². The molecule has 0 radical (unpaired) electrons. The predicted molar refractivity (Wildman–Crippen MR) is 73.9 cm³/mol. The first-order chi connectivity index (χ1) is 6.27. The van der Waals surface area contributed by atoms with Crippen LogP contribution in [0.5, 0.6) is 0 Å². The number of unbranched alkanes of at least 4 members (excludes halogenated alkanes) is 7. The Morgan fingerprint density at radius 2 is 1.13 bits per heavy atom. The lowest BCUT2D eigenvalue weighted by molar-refractivity contribution is 0.534. The molecule has 4 N–H and O–H groups in total. The first-order valence-corrected chi connectivity index (χ1v) is 5.78. The Kier molecular flexibility index (Phi) is 23.5. The molecule has 0 saturated carbocycles. The van der Waals surface area contributed by atoms with Gasteiger partial charge in [-0.15, -0.1) is 24.8 Å². The molecule has 0 aliphatic heterocycles. The van der Waals surface area contributed by atoms with Crippen molar-refractivity contribution in [2.75, 3.05) is 0 Å². The van der Waals surface area contributed by atoms with Gasteiger partial charge in [0.1, 0.15) is 0 Å². The average Bonchev–Trinajstić information content (AvgIpc) is 2.09.